The molecule has 0 saturated carbocycles. The Kier molecular flexibility index (Phi) is 4.52. The molecule has 2 heterocycles. The van der Waals surface area contributed by atoms with E-state index in [-0.39, 0.29) is 12.3 Å². The zero-order chi connectivity index (χ0) is 19.7. The lowest BCUT2D eigenvalue weighted by Gasteiger charge is -2.37. The van der Waals surface area contributed by atoms with Gasteiger partial charge in [0.15, 0.2) is 11.8 Å². The number of amides is 3. The number of nitrogens with zero attached hydrogens (tertiary/aromatic N) is 3. The third-order valence-electron chi connectivity index (χ3n) is 4.70. The van der Waals surface area contributed by atoms with E-state index in [0.717, 1.165) is 0 Å². The molecule has 0 radical (unpaired) electrons. The van der Waals surface area contributed by atoms with Gasteiger partial charge in [0.2, 0.25) is 0 Å². The first kappa shape index (κ1) is 17.7. The number of hydrogen-bond donors (Lipinski definition) is 1. The number of rotatable bonds is 5. The van der Waals surface area contributed by atoms with Gasteiger partial charge in [-0.05, 0) is 36.4 Å². The second-order valence-corrected chi connectivity index (χ2v) is 6.56. The average Bonchev–Trinajstić information content (AvgIpc) is 3.12. The van der Waals surface area contributed by atoms with Gasteiger partial charge >= 0.3 is 6.03 Å². The number of para-hydroxylation sites is 1. The third kappa shape index (κ3) is 3.32. The van der Waals surface area contributed by atoms with E-state index in [0.29, 0.717) is 17.1 Å². The van der Waals surface area contributed by atoms with Crippen LogP contribution in [0, 0.1) is 0 Å². The minimum absolute atomic E-state index is 0.00839. The van der Waals surface area contributed by atoms with E-state index in [1.54, 1.807) is 36.2 Å². The Morgan fingerprint density at radius 3 is 2.46 bits per heavy atom. The van der Waals surface area contributed by atoms with E-state index in [2.05, 4.69) is 10.3 Å². The minimum Gasteiger partial charge on any atom is -0.457 e. The van der Waals surface area contributed by atoms with Crippen LogP contribution in [0.4, 0.5) is 4.79 Å². The van der Waals surface area contributed by atoms with E-state index in [4.69, 9.17) is 4.74 Å². The van der Waals surface area contributed by atoms with E-state index in [1.165, 1.54) is 11.2 Å². The number of ether oxygens (including phenoxy) is 1. The summed E-state index contributed by atoms with van der Waals surface area (Å²) in [4.78, 5) is 43.6. The number of carbonyl (C=O) groups excluding carboxylic acids is 3. The number of likely N-dealkylation sites (N-methyl/N-ethyl adjacent to an activating group) is 1. The molecule has 8 nitrogen and oxygen atoms in total. The highest BCUT2D eigenvalue weighted by Crippen LogP contribution is 2.23. The Labute approximate surface area is 161 Å². The predicted molar refractivity (Wildman–Crippen MR) is 101 cm³/mol. The van der Waals surface area contributed by atoms with Crippen LogP contribution < -0.4 is 10.1 Å². The normalized spacial score (nSPS) is 20.8. The molecule has 1 saturated heterocycles. The van der Waals surface area contributed by atoms with Gasteiger partial charge in [0.05, 0.1) is 12.9 Å². The summed E-state index contributed by atoms with van der Waals surface area (Å²) in [7, 11) is 1.57. The van der Waals surface area contributed by atoms with Gasteiger partial charge in [0.25, 0.3) is 5.91 Å². The SMILES string of the molecule is CN1C(=O)NC(=O)C2N=CN(CC(=O)c3ccc(Oc4ccccc4)cc3)C21. The molecule has 1 fully saturated rings. The monoisotopic (exact) mass is 378 g/mol. The van der Waals surface area contributed by atoms with Gasteiger partial charge in [-0.1, -0.05) is 18.2 Å². The number of imide groups is 1. The Bertz CT molecular complexity index is 942. The van der Waals surface area contributed by atoms with Crippen molar-refractivity contribution in [1.29, 1.82) is 0 Å². The number of nitrogens with one attached hydrogen (secondary N) is 1. The van der Waals surface area contributed by atoms with Gasteiger partial charge in [0, 0.05) is 12.6 Å². The van der Waals surface area contributed by atoms with Crippen LogP contribution in [0.1, 0.15) is 10.4 Å². The molecule has 4 rings (SSSR count). The van der Waals surface area contributed by atoms with E-state index in [1.807, 2.05) is 30.3 Å². The van der Waals surface area contributed by atoms with Crippen LogP contribution in [0.2, 0.25) is 0 Å². The highest BCUT2D eigenvalue weighted by atomic mass is 16.5. The quantitative estimate of drug-likeness (QED) is 0.802. The smallest absolute Gasteiger partial charge is 0.325 e. The van der Waals surface area contributed by atoms with Crippen molar-refractivity contribution in [1.82, 2.24) is 15.1 Å². The minimum atomic E-state index is -0.725. The molecule has 28 heavy (non-hydrogen) atoms. The summed E-state index contributed by atoms with van der Waals surface area (Å²) in [6.45, 7) is 0.00839. The van der Waals surface area contributed by atoms with Crippen LogP contribution in [0.3, 0.4) is 0 Å². The molecule has 2 atom stereocenters. The van der Waals surface area contributed by atoms with Crippen LogP contribution in [0.25, 0.3) is 0 Å². The summed E-state index contributed by atoms with van der Waals surface area (Å²) < 4.78 is 5.72. The number of carbonyl (C=O) groups is 3. The molecule has 142 valence electrons. The van der Waals surface area contributed by atoms with Gasteiger partial charge in [-0.2, -0.15) is 0 Å². The van der Waals surface area contributed by atoms with Crippen molar-refractivity contribution < 1.29 is 19.1 Å². The van der Waals surface area contributed by atoms with Crippen LogP contribution in [0.5, 0.6) is 11.5 Å². The summed E-state index contributed by atoms with van der Waals surface area (Å²) >= 11 is 0. The number of ketones is 1. The molecule has 8 heteroatoms. The fraction of sp³-hybridized carbons (Fsp3) is 0.200. The van der Waals surface area contributed by atoms with Crippen molar-refractivity contribution in [2.24, 2.45) is 4.99 Å². The van der Waals surface area contributed by atoms with Gasteiger partial charge in [0.1, 0.15) is 17.7 Å². The Morgan fingerprint density at radius 2 is 1.75 bits per heavy atom. The highest BCUT2D eigenvalue weighted by Gasteiger charge is 2.45. The average molecular weight is 378 g/mol. The standard InChI is InChI=1S/C20H18N4O4/c1-23-19-17(18(26)22-20(23)27)21-12-24(19)11-16(25)13-7-9-15(10-8-13)28-14-5-3-2-4-6-14/h2-10,12,17,19H,11H2,1H3,(H,22,26,27). The van der Waals surface area contributed by atoms with Crippen LogP contribution in [0.15, 0.2) is 59.6 Å². The van der Waals surface area contributed by atoms with E-state index < -0.39 is 24.1 Å². The van der Waals surface area contributed by atoms with Gasteiger partial charge in [-0.15, -0.1) is 0 Å². The summed E-state index contributed by atoms with van der Waals surface area (Å²) in [5, 5.41) is 2.24. The molecule has 2 unspecified atom stereocenters. The zero-order valence-electron chi connectivity index (χ0n) is 15.1. The topological polar surface area (TPSA) is 91.3 Å². The predicted octanol–water partition coefficient (Wildman–Crippen LogP) is 1.88. The van der Waals surface area contributed by atoms with Gasteiger partial charge in [-0.3, -0.25) is 19.9 Å². The van der Waals surface area contributed by atoms with Gasteiger partial charge in [-0.25, -0.2) is 4.79 Å². The fourth-order valence-corrected chi connectivity index (χ4v) is 3.23. The first-order valence-corrected chi connectivity index (χ1v) is 8.76. The third-order valence-corrected chi connectivity index (χ3v) is 4.70. The lowest BCUT2D eigenvalue weighted by molar-refractivity contribution is -0.125. The van der Waals surface area contributed by atoms with Crippen LogP contribution in [-0.4, -0.2) is 59.7 Å². The molecule has 1 N–H and O–H groups in total. The first-order valence-electron chi connectivity index (χ1n) is 8.76. The molecule has 3 amide bonds. The molecule has 2 aromatic rings. The van der Waals surface area contributed by atoms with Crippen molar-refractivity contribution in [3.8, 4) is 11.5 Å². The second-order valence-electron chi connectivity index (χ2n) is 6.56. The first-order chi connectivity index (χ1) is 13.5. The van der Waals surface area contributed by atoms with E-state index >= 15 is 0 Å². The number of aliphatic imine (C=N–C) groups is 1. The maximum atomic E-state index is 12.7. The van der Waals surface area contributed by atoms with Gasteiger partial charge < -0.3 is 14.5 Å². The fourth-order valence-electron chi connectivity index (χ4n) is 3.23. The maximum Gasteiger partial charge on any atom is 0.325 e. The number of hydrogen-bond acceptors (Lipinski definition) is 6. The van der Waals surface area contributed by atoms with Crippen LogP contribution in [-0.2, 0) is 4.79 Å². The Balaban J connectivity index is 1.43. The lowest BCUT2D eigenvalue weighted by Crippen LogP contribution is -2.64. The molecule has 0 aromatic heterocycles. The molecular formula is C20H18N4O4. The Hall–Kier alpha value is -3.68. The van der Waals surface area contributed by atoms with Crippen molar-refractivity contribution >= 4 is 24.1 Å². The maximum absolute atomic E-state index is 12.7. The molecular weight excluding hydrogens is 360 g/mol. The number of benzene rings is 2. The summed E-state index contributed by atoms with van der Waals surface area (Å²) in [6.07, 6.45) is 0.861. The summed E-state index contributed by atoms with van der Waals surface area (Å²) in [5.74, 6) is 0.732. The van der Waals surface area contributed by atoms with Crippen molar-refractivity contribution in [3.05, 3.63) is 60.2 Å². The molecule has 0 aliphatic carbocycles. The summed E-state index contributed by atoms with van der Waals surface area (Å²) in [6, 6.07) is 15.0. The Morgan fingerprint density at radius 1 is 1.07 bits per heavy atom. The zero-order valence-corrected chi connectivity index (χ0v) is 15.1. The molecule has 0 spiro atoms. The molecule has 2 aliphatic rings. The number of fused-ring (bicyclic) bond motifs is 1. The molecule has 2 aromatic carbocycles. The largest absolute Gasteiger partial charge is 0.457 e. The molecule has 0 bridgehead atoms. The lowest BCUT2D eigenvalue weighted by atomic mass is 10.1. The second kappa shape index (κ2) is 7.15. The number of urea groups is 1. The van der Waals surface area contributed by atoms with Crippen molar-refractivity contribution in [2.75, 3.05) is 13.6 Å². The molecule has 2 aliphatic heterocycles. The number of Topliss-reactive ketones (excluding diaryl/α,β-unsaturated/α-hetero) is 1. The summed E-state index contributed by atoms with van der Waals surface area (Å²) in [5.41, 5.74) is 0.506. The van der Waals surface area contributed by atoms with Crippen molar-refractivity contribution in [2.45, 2.75) is 12.2 Å². The van der Waals surface area contributed by atoms with E-state index in [9.17, 15) is 14.4 Å². The van der Waals surface area contributed by atoms with Crippen molar-refractivity contribution in [3.63, 3.8) is 0 Å². The highest BCUT2D eigenvalue weighted by molar-refractivity contribution is 6.03. The van der Waals surface area contributed by atoms with Crippen LogP contribution >= 0.6 is 0 Å².